The van der Waals surface area contributed by atoms with Gasteiger partial charge < -0.3 is 4.74 Å². The van der Waals surface area contributed by atoms with Crippen LogP contribution < -0.4 is 4.74 Å². The number of ether oxygens (including phenoxy) is 1. The quantitative estimate of drug-likeness (QED) is 0.706. The lowest BCUT2D eigenvalue weighted by Crippen LogP contribution is -2.10. The molecule has 0 saturated heterocycles. The first kappa shape index (κ1) is 19.1. The fourth-order valence-corrected chi connectivity index (χ4v) is 2.56. The smallest absolute Gasteiger partial charge is 0.420 e. The first-order valence-corrected chi connectivity index (χ1v) is 8.44. The SMILES string of the molecule is CS(=O)(=O)c1ccc(Oc2cccc(C(F)(F)F)c2)c(C(F)(F)F)c1. The maximum absolute atomic E-state index is 13.1. The molecule has 0 bridgehead atoms. The highest BCUT2D eigenvalue weighted by molar-refractivity contribution is 7.90. The second-order valence-corrected chi connectivity index (χ2v) is 7.07. The molecule has 2 rings (SSSR count). The van der Waals surface area contributed by atoms with Gasteiger partial charge in [-0.2, -0.15) is 26.3 Å². The number of benzene rings is 2. The van der Waals surface area contributed by atoms with E-state index in [4.69, 9.17) is 4.74 Å². The van der Waals surface area contributed by atoms with Crippen molar-refractivity contribution in [1.29, 1.82) is 0 Å². The fourth-order valence-electron chi connectivity index (χ4n) is 1.91. The second-order valence-electron chi connectivity index (χ2n) is 5.06. The molecule has 0 radical (unpaired) electrons. The van der Waals surface area contributed by atoms with Crippen molar-refractivity contribution in [2.24, 2.45) is 0 Å². The summed E-state index contributed by atoms with van der Waals surface area (Å²) in [5.41, 5.74) is -2.50. The number of alkyl halides is 6. The molecular weight excluding hydrogens is 374 g/mol. The number of halogens is 6. The zero-order valence-corrected chi connectivity index (χ0v) is 13.3. The van der Waals surface area contributed by atoms with Crippen molar-refractivity contribution in [2.45, 2.75) is 17.2 Å². The maximum Gasteiger partial charge on any atom is 0.420 e. The van der Waals surface area contributed by atoms with Gasteiger partial charge in [-0.15, -0.1) is 0 Å². The van der Waals surface area contributed by atoms with Crippen LogP contribution in [0.25, 0.3) is 0 Å². The van der Waals surface area contributed by atoms with E-state index in [1.165, 1.54) is 0 Å². The molecule has 0 spiro atoms. The minimum atomic E-state index is -4.96. The molecule has 0 aliphatic carbocycles. The Hall–Kier alpha value is -2.23. The highest BCUT2D eigenvalue weighted by Crippen LogP contribution is 2.40. The van der Waals surface area contributed by atoms with Gasteiger partial charge in [-0.25, -0.2) is 8.42 Å². The first-order valence-electron chi connectivity index (χ1n) is 6.55. The molecule has 0 aromatic heterocycles. The van der Waals surface area contributed by atoms with E-state index in [2.05, 4.69) is 0 Å². The Morgan fingerprint density at radius 3 is 2.04 bits per heavy atom. The van der Waals surface area contributed by atoms with Gasteiger partial charge in [0.2, 0.25) is 0 Å². The molecule has 0 heterocycles. The molecule has 0 amide bonds. The first-order chi connectivity index (χ1) is 11.3. The summed E-state index contributed by atoms with van der Waals surface area (Å²) in [5, 5.41) is 0. The average molecular weight is 384 g/mol. The predicted octanol–water partition coefficient (Wildman–Crippen LogP) is 4.92. The lowest BCUT2D eigenvalue weighted by molar-refractivity contribution is -0.139. The van der Waals surface area contributed by atoms with Gasteiger partial charge in [-0.3, -0.25) is 0 Å². The summed E-state index contributed by atoms with van der Waals surface area (Å²) in [6, 6.07) is 5.33. The van der Waals surface area contributed by atoms with Crippen molar-refractivity contribution in [2.75, 3.05) is 6.26 Å². The van der Waals surface area contributed by atoms with E-state index < -0.39 is 49.7 Å². The fraction of sp³-hybridized carbons (Fsp3) is 0.200. The zero-order chi connectivity index (χ0) is 19.0. The summed E-state index contributed by atoms with van der Waals surface area (Å²) in [6.07, 6.45) is -8.92. The van der Waals surface area contributed by atoms with Crippen LogP contribution in [0.1, 0.15) is 11.1 Å². The van der Waals surface area contributed by atoms with E-state index in [0.717, 1.165) is 36.6 Å². The van der Waals surface area contributed by atoms with Gasteiger partial charge in [0, 0.05) is 6.26 Å². The van der Waals surface area contributed by atoms with E-state index >= 15 is 0 Å². The topological polar surface area (TPSA) is 43.4 Å². The van der Waals surface area contributed by atoms with Crippen LogP contribution in [0.5, 0.6) is 11.5 Å². The van der Waals surface area contributed by atoms with Crippen molar-refractivity contribution < 1.29 is 39.5 Å². The van der Waals surface area contributed by atoms with E-state index in [9.17, 15) is 34.8 Å². The Bertz CT molecular complexity index is 885. The molecule has 0 unspecified atom stereocenters. The van der Waals surface area contributed by atoms with Crippen LogP contribution in [0.15, 0.2) is 47.4 Å². The summed E-state index contributed by atoms with van der Waals surface area (Å²) >= 11 is 0. The van der Waals surface area contributed by atoms with Crippen LogP contribution in [0.2, 0.25) is 0 Å². The highest BCUT2D eigenvalue weighted by Gasteiger charge is 2.36. The average Bonchev–Trinajstić information content (AvgIpc) is 2.44. The Balaban J connectivity index is 2.50. The Labute approximate surface area is 138 Å². The predicted molar refractivity (Wildman–Crippen MR) is 76.1 cm³/mol. The molecule has 0 aliphatic rings. The van der Waals surface area contributed by atoms with Gasteiger partial charge in [0.05, 0.1) is 16.0 Å². The summed E-state index contributed by atoms with van der Waals surface area (Å²) in [7, 11) is -3.91. The van der Waals surface area contributed by atoms with Crippen LogP contribution in [0, 0.1) is 0 Å². The maximum atomic E-state index is 13.1. The largest absolute Gasteiger partial charge is 0.457 e. The molecule has 0 saturated carbocycles. The van der Waals surface area contributed by atoms with Crippen molar-refractivity contribution in [3.05, 3.63) is 53.6 Å². The van der Waals surface area contributed by atoms with E-state index in [0.29, 0.717) is 12.1 Å². The lowest BCUT2D eigenvalue weighted by atomic mass is 10.2. The molecule has 2 aromatic rings. The van der Waals surface area contributed by atoms with Crippen LogP contribution >= 0.6 is 0 Å². The number of hydrogen-bond acceptors (Lipinski definition) is 3. The van der Waals surface area contributed by atoms with Crippen molar-refractivity contribution >= 4 is 9.84 Å². The molecule has 136 valence electrons. The normalized spacial score (nSPS) is 12.9. The number of rotatable bonds is 3. The van der Waals surface area contributed by atoms with Crippen LogP contribution in [0.4, 0.5) is 26.3 Å². The van der Waals surface area contributed by atoms with E-state index in [1.807, 2.05) is 0 Å². The molecule has 0 atom stereocenters. The summed E-state index contributed by atoms with van der Waals surface area (Å²) < 4.78 is 105. The molecule has 0 N–H and O–H groups in total. The standard InChI is InChI=1S/C15H10F6O3S/c1-25(22,23)11-5-6-13(12(8-11)15(19,20)21)24-10-4-2-3-9(7-10)14(16,17)18/h2-8H,1H3. The van der Waals surface area contributed by atoms with Gasteiger partial charge in [-0.1, -0.05) is 6.07 Å². The van der Waals surface area contributed by atoms with Gasteiger partial charge in [0.1, 0.15) is 11.5 Å². The molecule has 0 aliphatic heterocycles. The zero-order valence-electron chi connectivity index (χ0n) is 12.4. The van der Waals surface area contributed by atoms with Crippen molar-refractivity contribution in [1.82, 2.24) is 0 Å². The van der Waals surface area contributed by atoms with Crippen LogP contribution in [-0.4, -0.2) is 14.7 Å². The second kappa shape index (κ2) is 6.25. The highest BCUT2D eigenvalue weighted by atomic mass is 32.2. The Morgan fingerprint density at radius 2 is 1.52 bits per heavy atom. The number of hydrogen-bond donors (Lipinski definition) is 0. The third-order valence-electron chi connectivity index (χ3n) is 3.07. The molecule has 25 heavy (non-hydrogen) atoms. The summed E-state index contributed by atoms with van der Waals surface area (Å²) in [4.78, 5) is -0.587. The third-order valence-corrected chi connectivity index (χ3v) is 4.18. The van der Waals surface area contributed by atoms with Gasteiger partial charge in [0.15, 0.2) is 9.84 Å². The molecular formula is C15H10F6O3S. The minimum absolute atomic E-state index is 0.373. The monoisotopic (exact) mass is 384 g/mol. The van der Waals surface area contributed by atoms with Gasteiger partial charge >= 0.3 is 12.4 Å². The minimum Gasteiger partial charge on any atom is -0.457 e. The van der Waals surface area contributed by atoms with Crippen LogP contribution in [0.3, 0.4) is 0 Å². The van der Waals surface area contributed by atoms with E-state index in [1.54, 1.807) is 0 Å². The lowest BCUT2D eigenvalue weighted by Gasteiger charge is -2.15. The summed E-state index contributed by atoms with van der Waals surface area (Å²) in [5.74, 6) is -1.27. The molecule has 3 nitrogen and oxygen atoms in total. The Morgan fingerprint density at radius 1 is 0.880 bits per heavy atom. The third kappa shape index (κ3) is 4.65. The van der Waals surface area contributed by atoms with Gasteiger partial charge in [-0.05, 0) is 36.4 Å². The van der Waals surface area contributed by atoms with Crippen molar-refractivity contribution in [3.8, 4) is 11.5 Å². The summed E-state index contributed by atoms with van der Waals surface area (Å²) in [6.45, 7) is 0. The van der Waals surface area contributed by atoms with E-state index in [-0.39, 0.29) is 0 Å². The van der Waals surface area contributed by atoms with Crippen molar-refractivity contribution in [3.63, 3.8) is 0 Å². The Kier molecular flexibility index (Phi) is 4.77. The molecule has 10 heteroatoms. The molecule has 0 fully saturated rings. The molecule has 2 aromatic carbocycles. The van der Waals surface area contributed by atoms with Gasteiger partial charge in [0.25, 0.3) is 0 Å². The van der Waals surface area contributed by atoms with Crippen LogP contribution in [-0.2, 0) is 22.2 Å². The number of sulfone groups is 1.